The van der Waals surface area contributed by atoms with Crippen LogP contribution in [0.3, 0.4) is 0 Å². The summed E-state index contributed by atoms with van der Waals surface area (Å²) in [6.45, 7) is 0.648. The molecule has 0 saturated carbocycles. The molecule has 0 fully saturated rings. The van der Waals surface area contributed by atoms with Crippen molar-refractivity contribution in [1.82, 2.24) is 15.5 Å². The van der Waals surface area contributed by atoms with Crippen LogP contribution >= 0.6 is 11.3 Å². The smallest absolute Gasteiger partial charge is 0.271 e. The molecule has 0 aliphatic carbocycles. The number of hydrogen-bond donors (Lipinski definition) is 2. The third kappa shape index (κ3) is 3.62. The molecule has 2 aromatic heterocycles. The van der Waals surface area contributed by atoms with Crippen molar-refractivity contribution in [3.8, 4) is 10.6 Å². The summed E-state index contributed by atoms with van der Waals surface area (Å²) in [5, 5.41) is 11.9. The van der Waals surface area contributed by atoms with E-state index in [1.54, 1.807) is 17.4 Å². The third-order valence-corrected chi connectivity index (χ3v) is 4.27. The molecule has 0 bridgehead atoms. The van der Waals surface area contributed by atoms with Crippen LogP contribution in [0.1, 0.15) is 22.5 Å². The zero-order valence-corrected chi connectivity index (χ0v) is 12.9. The van der Waals surface area contributed by atoms with Crippen LogP contribution in [-0.4, -0.2) is 22.6 Å². The van der Waals surface area contributed by atoms with E-state index in [0.717, 1.165) is 23.4 Å². The van der Waals surface area contributed by atoms with E-state index in [-0.39, 0.29) is 5.91 Å². The van der Waals surface area contributed by atoms with Crippen LogP contribution < -0.4 is 5.32 Å². The summed E-state index contributed by atoms with van der Waals surface area (Å²) in [7, 11) is 0. The molecule has 0 radical (unpaired) electrons. The molecule has 0 spiro atoms. The SMILES string of the molecule is O=C(NCCCc1ccccc1)c1cc(-c2cccs2)[nH]n1. The molecule has 3 aromatic rings. The van der Waals surface area contributed by atoms with Gasteiger partial charge in [0.05, 0.1) is 10.6 Å². The van der Waals surface area contributed by atoms with Gasteiger partial charge in [-0.1, -0.05) is 36.4 Å². The van der Waals surface area contributed by atoms with E-state index in [4.69, 9.17) is 0 Å². The van der Waals surface area contributed by atoms with Gasteiger partial charge in [0.2, 0.25) is 0 Å². The lowest BCUT2D eigenvalue weighted by Crippen LogP contribution is -2.25. The maximum atomic E-state index is 12.0. The highest BCUT2D eigenvalue weighted by Crippen LogP contribution is 2.22. The average Bonchev–Trinajstić information content (AvgIpc) is 3.22. The lowest BCUT2D eigenvalue weighted by molar-refractivity contribution is 0.0948. The third-order valence-electron chi connectivity index (χ3n) is 3.37. The number of aryl methyl sites for hydroxylation is 1. The second kappa shape index (κ2) is 7.04. The van der Waals surface area contributed by atoms with Crippen molar-refractivity contribution < 1.29 is 4.79 Å². The molecule has 3 rings (SSSR count). The number of aromatic amines is 1. The van der Waals surface area contributed by atoms with Gasteiger partial charge in [-0.15, -0.1) is 11.3 Å². The molecule has 0 unspecified atom stereocenters. The second-order valence-electron chi connectivity index (χ2n) is 4.99. The van der Waals surface area contributed by atoms with Gasteiger partial charge in [-0.25, -0.2) is 0 Å². The highest BCUT2D eigenvalue weighted by Gasteiger charge is 2.11. The Bertz CT molecular complexity index is 719. The van der Waals surface area contributed by atoms with Gasteiger partial charge in [0.15, 0.2) is 5.69 Å². The van der Waals surface area contributed by atoms with Crippen LogP contribution in [0.25, 0.3) is 10.6 Å². The van der Waals surface area contributed by atoms with Gasteiger partial charge in [0.1, 0.15) is 0 Å². The molecule has 0 aliphatic rings. The maximum Gasteiger partial charge on any atom is 0.271 e. The number of carbonyl (C=O) groups excluding carboxylic acids is 1. The van der Waals surface area contributed by atoms with Crippen molar-refractivity contribution >= 4 is 17.2 Å². The van der Waals surface area contributed by atoms with Crippen LogP contribution in [-0.2, 0) is 6.42 Å². The van der Waals surface area contributed by atoms with Crippen molar-refractivity contribution in [3.05, 3.63) is 65.2 Å². The molecule has 4 nitrogen and oxygen atoms in total. The summed E-state index contributed by atoms with van der Waals surface area (Å²) < 4.78 is 0. The lowest BCUT2D eigenvalue weighted by Gasteiger charge is -2.03. The Balaban J connectivity index is 1.48. The predicted octanol–water partition coefficient (Wildman–Crippen LogP) is 3.50. The van der Waals surface area contributed by atoms with E-state index in [0.29, 0.717) is 12.2 Å². The molecule has 5 heteroatoms. The number of nitrogens with zero attached hydrogens (tertiary/aromatic N) is 1. The van der Waals surface area contributed by atoms with Crippen molar-refractivity contribution in [2.24, 2.45) is 0 Å². The highest BCUT2D eigenvalue weighted by molar-refractivity contribution is 7.13. The molecule has 0 atom stereocenters. The summed E-state index contributed by atoms with van der Waals surface area (Å²) in [4.78, 5) is 13.1. The minimum atomic E-state index is -0.132. The van der Waals surface area contributed by atoms with Crippen LogP contribution in [0.2, 0.25) is 0 Å². The Morgan fingerprint density at radius 1 is 1.18 bits per heavy atom. The number of H-pyrrole nitrogens is 1. The first-order chi connectivity index (χ1) is 10.8. The summed E-state index contributed by atoms with van der Waals surface area (Å²) >= 11 is 1.62. The van der Waals surface area contributed by atoms with Crippen molar-refractivity contribution in [1.29, 1.82) is 0 Å². The van der Waals surface area contributed by atoms with Gasteiger partial charge in [0.25, 0.3) is 5.91 Å². The molecule has 1 aromatic carbocycles. The number of benzene rings is 1. The number of amides is 1. The zero-order chi connectivity index (χ0) is 15.2. The number of aromatic nitrogens is 2. The first kappa shape index (κ1) is 14.5. The number of nitrogens with one attached hydrogen (secondary N) is 2. The number of hydrogen-bond acceptors (Lipinski definition) is 3. The normalized spacial score (nSPS) is 10.5. The minimum absolute atomic E-state index is 0.132. The van der Waals surface area contributed by atoms with Gasteiger partial charge in [-0.3, -0.25) is 9.89 Å². The fraction of sp³-hybridized carbons (Fsp3) is 0.176. The Kier molecular flexibility index (Phi) is 4.65. The zero-order valence-electron chi connectivity index (χ0n) is 12.1. The molecular formula is C17H17N3OS. The maximum absolute atomic E-state index is 12.0. The van der Waals surface area contributed by atoms with Gasteiger partial charge >= 0.3 is 0 Å². The molecule has 1 amide bonds. The molecule has 2 N–H and O–H groups in total. The summed E-state index contributed by atoms with van der Waals surface area (Å²) in [5.41, 5.74) is 2.60. The molecular weight excluding hydrogens is 294 g/mol. The van der Waals surface area contributed by atoms with Gasteiger partial charge in [-0.2, -0.15) is 5.10 Å². The molecule has 22 heavy (non-hydrogen) atoms. The van der Waals surface area contributed by atoms with Gasteiger partial charge in [-0.05, 0) is 35.9 Å². The quantitative estimate of drug-likeness (QED) is 0.685. The Morgan fingerprint density at radius 2 is 2.05 bits per heavy atom. The molecule has 112 valence electrons. The van der Waals surface area contributed by atoms with E-state index >= 15 is 0 Å². The van der Waals surface area contributed by atoms with Crippen molar-refractivity contribution in [2.45, 2.75) is 12.8 Å². The van der Waals surface area contributed by atoms with E-state index in [2.05, 4.69) is 27.6 Å². The van der Waals surface area contributed by atoms with E-state index in [1.807, 2.05) is 35.7 Å². The number of rotatable bonds is 6. The minimum Gasteiger partial charge on any atom is -0.351 e. The van der Waals surface area contributed by atoms with Crippen LogP contribution in [0, 0.1) is 0 Å². The monoisotopic (exact) mass is 311 g/mol. The fourth-order valence-electron chi connectivity index (χ4n) is 2.23. The molecule has 2 heterocycles. The first-order valence-corrected chi connectivity index (χ1v) is 8.12. The second-order valence-corrected chi connectivity index (χ2v) is 5.94. The van der Waals surface area contributed by atoms with Gasteiger partial charge in [0, 0.05) is 6.54 Å². The van der Waals surface area contributed by atoms with Gasteiger partial charge < -0.3 is 5.32 Å². The Labute approximate surface area is 133 Å². The molecule has 0 saturated heterocycles. The lowest BCUT2D eigenvalue weighted by atomic mass is 10.1. The van der Waals surface area contributed by atoms with Crippen LogP contribution in [0.15, 0.2) is 53.9 Å². The van der Waals surface area contributed by atoms with E-state index in [1.165, 1.54) is 5.56 Å². The highest BCUT2D eigenvalue weighted by atomic mass is 32.1. The largest absolute Gasteiger partial charge is 0.351 e. The fourth-order valence-corrected chi connectivity index (χ4v) is 2.92. The average molecular weight is 311 g/mol. The van der Waals surface area contributed by atoms with E-state index in [9.17, 15) is 4.79 Å². The van der Waals surface area contributed by atoms with E-state index < -0.39 is 0 Å². The summed E-state index contributed by atoms with van der Waals surface area (Å²) in [5.74, 6) is -0.132. The van der Waals surface area contributed by atoms with Crippen LogP contribution in [0.5, 0.6) is 0 Å². The summed E-state index contributed by atoms with van der Waals surface area (Å²) in [6, 6.07) is 16.0. The Morgan fingerprint density at radius 3 is 2.82 bits per heavy atom. The number of thiophene rings is 1. The first-order valence-electron chi connectivity index (χ1n) is 7.24. The Hall–Kier alpha value is -2.40. The predicted molar refractivity (Wildman–Crippen MR) is 89.0 cm³/mol. The molecule has 0 aliphatic heterocycles. The van der Waals surface area contributed by atoms with Crippen molar-refractivity contribution in [3.63, 3.8) is 0 Å². The van der Waals surface area contributed by atoms with Crippen molar-refractivity contribution in [2.75, 3.05) is 6.54 Å². The van der Waals surface area contributed by atoms with Crippen LogP contribution in [0.4, 0.5) is 0 Å². The standard InChI is InChI=1S/C17H17N3OS/c21-17(18-10-4-8-13-6-2-1-3-7-13)15-12-14(19-20-15)16-9-5-11-22-16/h1-3,5-7,9,11-12H,4,8,10H2,(H,18,21)(H,19,20). The summed E-state index contributed by atoms with van der Waals surface area (Å²) in [6.07, 6.45) is 1.88. The topological polar surface area (TPSA) is 57.8 Å². The number of carbonyl (C=O) groups is 1.